The topological polar surface area (TPSA) is 84.6 Å². The number of para-hydroxylation sites is 1. The molecule has 0 saturated carbocycles. The van der Waals surface area contributed by atoms with Gasteiger partial charge in [0.2, 0.25) is 0 Å². The monoisotopic (exact) mass is 274 g/mol. The summed E-state index contributed by atoms with van der Waals surface area (Å²) in [5.41, 5.74) is 0.192. The number of nitro benzene ring substituents is 1. The van der Waals surface area contributed by atoms with Gasteiger partial charge in [-0.05, 0) is 18.6 Å². The molecule has 0 aliphatic heterocycles. The quantitative estimate of drug-likeness (QED) is 0.587. The molecule has 7 heteroatoms. The molecule has 0 radical (unpaired) electrons. The van der Waals surface area contributed by atoms with Crippen LogP contribution in [-0.2, 0) is 4.74 Å². The van der Waals surface area contributed by atoms with Crippen LogP contribution in [0.1, 0.15) is 6.42 Å². The fourth-order valence-electron chi connectivity index (χ4n) is 1.49. The van der Waals surface area contributed by atoms with Crippen LogP contribution in [-0.4, -0.2) is 36.4 Å². The van der Waals surface area contributed by atoms with Gasteiger partial charge in [0.1, 0.15) is 10.7 Å². The molecule has 6 nitrogen and oxygen atoms in total. The Morgan fingerprint density at radius 2 is 2.33 bits per heavy atom. The Balaban J connectivity index is 2.62. The van der Waals surface area contributed by atoms with E-state index in [0.717, 1.165) is 0 Å². The number of hydrogen-bond donors (Lipinski definition) is 2. The number of nitro groups is 1. The van der Waals surface area contributed by atoms with Gasteiger partial charge < -0.3 is 15.2 Å². The number of anilines is 1. The van der Waals surface area contributed by atoms with Crippen molar-refractivity contribution >= 4 is 23.0 Å². The summed E-state index contributed by atoms with van der Waals surface area (Å²) in [7, 11) is 1.50. The largest absolute Gasteiger partial charge is 0.391 e. The first-order valence-corrected chi connectivity index (χ1v) is 5.77. The molecule has 0 aromatic heterocycles. The maximum absolute atomic E-state index is 10.9. The van der Waals surface area contributed by atoms with Crippen molar-refractivity contribution in [3.63, 3.8) is 0 Å². The second kappa shape index (κ2) is 7.15. The van der Waals surface area contributed by atoms with Crippen LogP contribution < -0.4 is 5.32 Å². The van der Waals surface area contributed by atoms with Gasteiger partial charge in [-0.1, -0.05) is 17.7 Å². The minimum absolute atomic E-state index is 0.0856. The average molecular weight is 275 g/mol. The molecule has 1 aromatic rings. The first kappa shape index (κ1) is 14.7. The lowest BCUT2D eigenvalue weighted by molar-refractivity contribution is -0.383. The summed E-state index contributed by atoms with van der Waals surface area (Å²) in [6.45, 7) is 0.630. The van der Waals surface area contributed by atoms with Gasteiger partial charge in [-0.2, -0.15) is 0 Å². The number of hydrogen-bond acceptors (Lipinski definition) is 5. The van der Waals surface area contributed by atoms with Crippen molar-refractivity contribution in [3.8, 4) is 0 Å². The number of rotatable bonds is 7. The molecule has 0 aliphatic carbocycles. The number of aliphatic hydroxyl groups excluding tert-OH is 1. The molecule has 0 heterocycles. The van der Waals surface area contributed by atoms with E-state index >= 15 is 0 Å². The van der Waals surface area contributed by atoms with Crippen LogP contribution in [0.5, 0.6) is 0 Å². The Kier molecular flexibility index (Phi) is 5.84. The van der Waals surface area contributed by atoms with Gasteiger partial charge in [-0.15, -0.1) is 0 Å². The predicted molar refractivity (Wildman–Crippen MR) is 69.1 cm³/mol. The number of ether oxygens (including phenoxy) is 1. The third-order valence-corrected chi connectivity index (χ3v) is 2.63. The summed E-state index contributed by atoms with van der Waals surface area (Å²) in [6, 6.07) is 4.67. The summed E-state index contributed by atoms with van der Waals surface area (Å²) < 4.78 is 4.78. The number of halogens is 1. The highest BCUT2D eigenvalue weighted by molar-refractivity contribution is 6.33. The zero-order chi connectivity index (χ0) is 13.5. The summed E-state index contributed by atoms with van der Waals surface area (Å²) >= 11 is 5.76. The highest BCUT2D eigenvalue weighted by Crippen LogP contribution is 2.32. The van der Waals surface area contributed by atoms with E-state index in [1.165, 1.54) is 13.2 Å². The highest BCUT2D eigenvalue weighted by atomic mass is 35.5. The molecular formula is C11H15ClN2O4. The Labute approximate surface area is 110 Å². The van der Waals surface area contributed by atoms with Gasteiger partial charge in [0.05, 0.1) is 17.6 Å². The van der Waals surface area contributed by atoms with Crippen LogP contribution >= 0.6 is 11.6 Å². The van der Waals surface area contributed by atoms with Crippen molar-refractivity contribution in [2.75, 3.05) is 25.6 Å². The van der Waals surface area contributed by atoms with E-state index < -0.39 is 11.0 Å². The molecule has 1 unspecified atom stereocenters. The van der Waals surface area contributed by atoms with E-state index in [0.29, 0.717) is 18.7 Å². The van der Waals surface area contributed by atoms with Crippen LogP contribution in [0.15, 0.2) is 18.2 Å². The maximum atomic E-state index is 10.9. The standard InChI is InChI=1S/C11H15ClN2O4/c1-18-7-8(15)5-6-13-10-4-2-3-9(12)11(10)14(16)17/h2-4,8,13,15H,5-7H2,1H3. The lowest BCUT2D eigenvalue weighted by Crippen LogP contribution is -2.18. The van der Waals surface area contributed by atoms with Crippen LogP contribution in [0.25, 0.3) is 0 Å². The molecule has 0 aliphatic rings. The normalized spacial score (nSPS) is 12.2. The molecule has 0 amide bonds. The molecule has 0 bridgehead atoms. The third-order valence-electron chi connectivity index (χ3n) is 2.32. The Morgan fingerprint density at radius 3 is 2.94 bits per heavy atom. The van der Waals surface area contributed by atoms with Crippen molar-refractivity contribution in [3.05, 3.63) is 33.3 Å². The number of methoxy groups -OCH3 is 1. The zero-order valence-electron chi connectivity index (χ0n) is 9.93. The van der Waals surface area contributed by atoms with E-state index in [1.54, 1.807) is 12.1 Å². The van der Waals surface area contributed by atoms with Crippen LogP contribution in [0.2, 0.25) is 5.02 Å². The second-order valence-corrected chi connectivity index (χ2v) is 4.12. The zero-order valence-corrected chi connectivity index (χ0v) is 10.7. The van der Waals surface area contributed by atoms with E-state index in [2.05, 4.69) is 5.32 Å². The maximum Gasteiger partial charge on any atom is 0.310 e. The van der Waals surface area contributed by atoms with Gasteiger partial charge in [0.25, 0.3) is 0 Å². The van der Waals surface area contributed by atoms with Gasteiger partial charge in [-0.3, -0.25) is 10.1 Å². The predicted octanol–water partition coefficient (Wildman–Crippen LogP) is 2.06. The number of nitrogens with zero attached hydrogens (tertiary/aromatic N) is 1. The Hall–Kier alpha value is -1.37. The van der Waals surface area contributed by atoms with Crippen LogP contribution in [0, 0.1) is 10.1 Å². The van der Waals surface area contributed by atoms with E-state index in [1.807, 2.05) is 0 Å². The Morgan fingerprint density at radius 1 is 1.61 bits per heavy atom. The van der Waals surface area contributed by atoms with Crippen LogP contribution in [0.3, 0.4) is 0 Å². The molecule has 1 aromatic carbocycles. The van der Waals surface area contributed by atoms with Crippen LogP contribution in [0.4, 0.5) is 11.4 Å². The highest BCUT2D eigenvalue weighted by Gasteiger charge is 2.17. The minimum atomic E-state index is -0.597. The Bertz CT molecular complexity index is 414. The van der Waals surface area contributed by atoms with Crippen molar-refractivity contribution in [2.45, 2.75) is 12.5 Å². The summed E-state index contributed by atoms with van der Waals surface area (Å²) in [6.07, 6.45) is -0.168. The lowest BCUT2D eigenvalue weighted by atomic mass is 10.2. The minimum Gasteiger partial charge on any atom is -0.391 e. The summed E-state index contributed by atoms with van der Waals surface area (Å²) in [5.74, 6) is 0. The molecule has 2 N–H and O–H groups in total. The van der Waals surface area contributed by atoms with E-state index in [-0.39, 0.29) is 17.3 Å². The average Bonchev–Trinajstić information content (AvgIpc) is 2.28. The summed E-state index contributed by atoms with van der Waals surface area (Å²) in [4.78, 5) is 10.3. The van der Waals surface area contributed by atoms with Gasteiger partial charge in [0.15, 0.2) is 0 Å². The van der Waals surface area contributed by atoms with Crippen molar-refractivity contribution in [1.82, 2.24) is 0 Å². The first-order valence-electron chi connectivity index (χ1n) is 5.40. The molecule has 1 rings (SSSR count). The van der Waals surface area contributed by atoms with E-state index in [9.17, 15) is 15.2 Å². The fourth-order valence-corrected chi connectivity index (χ4v) is 1.74. The number of aliphatic hydroxyl groups is 1. The molecule has 1 atom stereocenters. The van der Waals surface area contributed by atoms with Gasteiger partial charge in [0, 0.05) is 13.7 Å². The number of benzene rings is 1. The number of nitrogens with one attached hydrogen (secondary N) is 1. The molecular weight excluding hydrogens is 260 g/mol. The van der Waals surface area contributed by atoms with Crippen molar-refractivity contribution in [1.29, 1.82) is 0 Å². The molecule has 0 saturated heterocycles. The molecule has 0 spiro atoms. The summed E-state index contributed by atoms with van der Waals surface area (Å²) in [5, 5.41) is 23.3. The molecule has 0 fully saturated rings. The fraction of sp³-hybridized carbons (Fsp3) is 0.455. The third kappa shape index (κ3) is 4.14. The molecule has 100 valence electrons. The van der Waals surface area contributed by atoms with Gasteiger partial charge in [-0.25, -0.2) is 0 Å². The lowest BCUT2D eigenvalue weighted by Gasteiger charge is -2.11. The smallest absolute Gasteiger partial charge is 0.310 e. The van der Waals surface area contributed by atoms with Crippen molar-refractivity contribution in [2.24, 2.45) is 0 Å². The van der Waals surface area contributed by atoms with Gasteiger partial charge >= 0.3 is 5.69 Å². The van der Waals surface area contributed by atoms with E-state index in [4.69, 9.17) is 16.3 Å². The van der Waals surface area contributed by atoms with Crippen molar-refractivity contribution < 1.29 is 14.8 Å². The SMILES string of the molecule is COCC(O)CCNc1cccc(Cl)c1[N+](=O)[O-]. The second-order valence-electron chi connectivity index (χ2n) is 3.72. The first-order chi connectivity index (χ1) is 8.56. The molecule has 18 heavy (non-hydrogen) atoms.